The van der Waals surface area contributed by atoms with Crippen LogP contribution in [-0.2, 0) is 27.2 Å². The molecule has 0 atom stereocenters. The lowest BCUT2D eigenvalue weighted by molar-refractivity contribution is -0.139. The maximum absolute atomic E-state index is 12.8. The van der Waals surface area contributed by atoms with Gasteiger partial charge in [0.15, 0.2) is 6.61 Å². The molecule has 166 valence electrons. The second-order valence-corrected chi connectivity index (χ2v) is 8.12. The molecular weight excluding hydrogens is 432 g/mol. The predicted octanol–water partition coefficient (Wildman–Crippen LogP) is 3.81. The van der Waals surface area contributed by atoms with E-state index in [2.05, 4.69) is 5.32 Å². The van der Waals surface area contributed by atoms with Gasteiger partial charge in [0.05, 0.1) is 12.2 Å². The number of esters is 1. The summed E-state index contributed by atoms with van der Waals surface area (Å²) in [5, 5.41) is 21.3. The number of carbonyl (C=O) groups is 3. The van der Waals surface area contributed by atoms with Gasteiger partial charge < -0.3 is 19.9 Å². The number of thiophene rings is 1. The zero-order chi connectivity index (χ0) is 23.1. The van der Waals surface area contributed by atoms with Crippen LogP contribution in [0.3, 0.4) is 0 Å². The second kappa shape index (κ2) is 10.6. The van der Waals surface area contributed by atoms with Crippen molar-refractivity contribution >= 4 is 40.3 Å². The van der Waals surface area contributed by atoms with Crippen molar-refractivity contribution in [1.29, 1.82) is 5.26 Å². The second-order valence-electron chi connectivity index (χ2n) is 7.01. The van der Waals surface area contributed by atoms with Crippen LogP contribution in [0, 0.1) is 11.3 Å². The molecule has 0 radical (unpaired) electrons. The van der Waals surface area contributed by atoms with Gasteiger partial charge in [-0.3, -0.25) is 4.79 Å². The Labute approximate surface area is 189 Å². The summed E-state index contributed by atoms with van der Waals surface area (Å²) in [5.41, 5.74) is 1.74. The van der Waals surface area contributed by atoms with E-state index in [0.29, 0.717) is 21.9 Å². The molecule has 0 saturated heterocycles. The van der Waals surface area contributed by atoms with Crippen molar-refractivity contribution in [3.8, 4) is 11.8 Å². The molecule has 0 aliphatic heterocycles. The first-order valence-corrected chi connectivity index (χ1v) is 10.9. The topological polar surface area (TPSA) is 126 Å². The summed E-state index contributed by atoms with van der Waals surface area (Å²) in [4.78, 5) is 37.0. The number of aliphatic carboxylic acids is 1. The van der Waals surface area contributed by atoms with Crippen molar-refractivity contribution in [2.75, 3.05) is 18.5 Å². The molecule has 1 aromatic heterocycles. The maximum atomic E-state index is 12.8. The van der Waals surface area contributed by atoms with Gasteiger partial charge in [-0.2, -0.15) is 5.26 Å². The average Bonchev–Trinajstić information content (AvgIpc) is 3.14. The van der Waals surface area contributed by atoms with Crippen LogP contribution >= 0.6 is 11.3 Å². The summed E-state index contributed by atoms with van der Waals surface area (Å²) in [6, 6.07) is 8.20. The molecule has 0 saturated carbocycles. The Balaban J connectivity index is 1.81. The minimum atomic E-state index is -1.09. The fourth-order valence-electron chi connectivity index (χ4n) is 3.36. The number of carboxylic acid groups (broad SMARTS) is 1. The molecule has 1 amide bonds. The van der Waals surface area contributed by atoms with Crippen LogP contribution in [0.5, 0.6) is 5.75 Å². The minimum Gasteiger partial charge on any atom is -0.482 e. The number of ether oxygens (including phenoxy) is 2. The standard InChI is InChI=1S/C23H22N2O6S/c1-2-30-23(29)20-17-5-3-4-6-18(17)32-22(20)25-21(28)15(12-24)11-14-7-9-16(10-8-14)31-13-19(26)27/h7-11H,2-6,13H2,1H3,(H,25,28)(H,26,27)/b15-11+. The Morgan fingerprint density at radius 2 is 1.94 bits per heavy atom. The van der Waals surface area contributed by atoms with Crippen LogP contribution in [0.2, 0.25) is 0 Å². The molecule has 8 nitrogen and oxygen atoms in total. The molecule has 3 rings (SSSR count). The molecule has 2 N–H and O–H groups in total. The zero-order valence-electron chi connectivity index (χ0n) is 17.5. The number of carbonyl (C=O) groups excluding carboxylic acids is 2. The van der Waals surface area contributed by atoms with Crippen molar-refractivity contribution in [2.45, 2.75) is 32.6 Å². The normalized spacial score (nSPS) is 12.9. The largest absolute Gasteiger partial charge is 0.482 e. The summed E-state index contributed by atoms with van der Waals surface area (Å²) >= 11 is 1.35. The first kappa shape index (κ1) is 23.0. The smallest absolute Gasteiger partial charge is 0.341 e. The lowest BCUT2D eigenvalue weighted by Gasteiger charge is -2.12. The van der Waals surface area contributed by atoms with E-state index in [4.69, 9.17) is 14.6 Å². The number of hydrogen-bond donors (Lipinski definition) is 2. The SMILES string of the molecule is CCOC(=O)c1c(NC(=O)/C(C#N)=C/c2ccc(OCC(=O)O)cc2)sc2c1CCCC2. The van der Waals surface area contributed by atoms with E-state index >= 15 is 0 Å². The Morgan fingerprint density at radius 1 is 1.22 bits per heavy atom. The molecule has 0 spiro atoms. The fraction of sp³-hybridized carbons (Fsp3) is 0.304. The van der Waals surface area contributed by atoms with Gasteiger partial charge in [0, 0.05) is 4.88 Å². The number of benzene rings is 1. The highest BCUT2D eigenvalue weighted by atomic mass is 32.1. The maximum Gasteiger partial charge on any atom is 0.341 e. The first-order chi connectivity index (χ1) is 15.4. The number of aryl methyl sites for hydroxylation is 1. The highest BCUT2D eigenvalue weighted by molar-refractivity contribution is 7.17. The van der Waals surface area contributed by atoms with E-state index in [9.17, 15) is 19.6 Å². The number of carboxylic acids is 1. The molecular formula is C23H22N2O6S. The molecule has 32 heavy (non-hydrogen) atoms. The van der Waals surface area contributed by atoms with Crippen molar-refractivity contribution in [1.82, 2.24) is 0 Å². The quantitative estimate of drug-likeness (QED) is 0.353. The van der Waals surface area contributed by atoms with Crippen LogP contribution in [0.1, 0.15) is 46.1 Å². The summed E-state index contributed by atoms with van der Waals surface area (Å²) < 4.78 is 10.3. The summed E-state index contributed by atoms with van der Waals surface area (Å²) in [7, 11) is 0. The zero-order valence-corrected chi connectivity index (χ0v) is 18.3. The lowest BCUT2D eigenvalue weighted by atomic mass is 9.95. The summed E-state index contributed by atoms with van der Waals surface area (Å²) in [6.07, 6.45) is 5.01. The van der Waals surface area contributed by atoms with E-state index < -0.39 is 24.5 Å². The van der Waals surface area contributed by atoms with Gasteiger partial charge in [0.25, 0.3) is 5.91 Å². The molecule has 0 bridgehead atoms. The van der Waals surface area contributed by atoms with Gasteiger partial charge in [0.1, 0.15) is 22.4 Å². The Bertz CT molecular complexity index is 1090. The van der Waals surface area contributed by atoms with E-state index in [1.165, 1.54) is 17.4 Å². The highest BCUT2D eigenvalue weighted by Crippen LogP contribution is 2.38. The number of nitrogens with one attached hydrogen (secondary N) is 1. The van der Waals surface area contributed by atoms with E-state index in [1.807, 2.05) is 6.07 Å². The number of anilines is 1. The number of fused-ring (bicyclic) bond motifs is 1. The van der Waals surface area contributed by atoms with E-state index in [1.54, 1.807) is 31.2 Å². The Hall–Kier alpha value is -3.64. The van der Waals surface area contributed by atoms with Gasteiger partial charge in [-0.1, -0.05) is 12.1 Å². The molecule has 9 heteroatoms. The van der Waals surface area contributed by atoms with Crippen LogP contribution < -0.4 is 10.1 Å². The minimum absolute atomic E-state index is 0.134. The average molecular weight is 455 g/mol. The third kappa shape index (κ3) is 5.53. The molecule has 2 aromatic rings. The fourth-order valence-corrected chi connectivity index (χ4v) is 4.64. The third-order valence-electron chi connectivity index (χ3n) is 4.80. The van der Waals surface area contributed by atoms with Gasteiger partial charge in [0.2, 0.25) is 0 Å². The summed E-state index contributed by atoms with van der Waals surface area (Å²) in [5.74, 6) is -1.82. The first-order valence-electron chi connectivity index (χ1n) is 10.1. The van der Waals surface area contributed by atoms with Gasteiger partial charge in [-0.15, -0.1) is 11.3 Å². The van der Waals surface area contributed by atoms with Crippen molar-refractivity contribution < 1.29 is 29.0 Å². The van der Waals surface area contributed by atoms with Crippen molar-refractivity contribution in [3.05, 3.63) is 51.4 Å². The van der Waals surface area contributed by atoms with Gasteiger partial charge in [-0.05, 0) is 61.9 Å². The number of amides is 1. The van der Waals surface area contributed by atoms with E-state index in [0.717, 1.165) is 36.1 Å². The molecule has 1 aliphatic carbocycles. The Morgan fingerprint density at radius 3 is 2.59 bits per heavy atom. The lowest BCUT2D eigenvalue weighted by Crippen LogP contribution is -2.16. The van der Waals surface area contributed by atoms with Gasteiger partial charge in [-0.25, -0.2) is 9.59 Å². The monoisotopic (exact) mass is 454 g/mol. The number of nitriles is 1. The van der Waals surface area contributed by atoms with E-state index in [-0.39, 0.29) is 12.2 Å². The van der Waals surface area contributed by atoms with Crippen LogP contribution in [0.25, 0.3) is 6.08 Å². The molecule has 1 aliphatic rings. The van der Waals surface area contributed by atoms with Crippen LogP contribution in [0.4, 0.5) is 5.00 Å². The molecule has 1 aromatic carbocycles. The highest BCUT2D eigenvalue weighted by Gasteiger charge is 2.27. The van der Waals surface area contributed by atoms with Gasteiger partial charge >= 0.3 is 11.9 Å². The Kier molecular flexibility index (Phi) is 7.63. The van der Waals surface area contributed by atoms with Crippen LogP contribution in [0.15, 0.2) is 29.8 Å². The van der Waals surface area contributed by atoms with Crippen molar-refractivity contribution in [2.24, 2.45) is 0 Å². The van der Waals surface area contributed by atoms with Crippen LogP contribution in [-0.4, -0.2) is 36.2 Å². The molecule has 0 unspecified atom stereocenters. The van der Waals surface area contributed by atoms with Crippen molar-refractivity contribution in [3.63, 3.8) is 0 Å². The summed E-state index contributed by atoms with van der Waals surface area (Å²) in [6.45, 7) is 1.49. The predicted molar refractivity (Wildman–Crippen MR) is 119 cm³/mol. The number of hydrogen-bond acceptors (Lipinski definition) is 7. The third-order valence-corrected chi connectivity index (χ3v) is 6.00. The number of nitrogens with zero attached hydrogens (tertiary/aromatic N) is 1. The number of rotatable bonds is 8. The molecule has 1 heterocycles. The molecule has 0 fully saturated rings.